The average molecular weight is 408 g/mol. The molecule has 0 heterocycles. The lowest BCUT2D eigenvalue weighted by Gasteiger charge is -2.11. The van der Waals surface area contributed by atoms with Gasteiger partial charge in [-0.1, -0.05) is 12.8 Å². The summed E-state index contributed by atoms with van der Waals surface area (Å²) in [7, 11) is 0. The van der Waals surface area contributed by atoms with Crippen molar-refractivity contribution in [2.45, 2.75) is 25.7 Å². The Kier molecular flexibility index (Phi) is 4.85. The van der Waals surface area contributed by atoms with Gasteiger partial charge in [-0.3, -0.25) is 4.79 Å². The van der Waals surface area contributed by atoms with Crippen molar-refractivity contribution in [3.8, 4) is 0 Å². The fourth-order valence-corrected chi connectivity index (χ4v) is 3.14. The third-order valence-electron chi connectivity index (χ3n) is 3.20. The molecule has 1 N–H and O–H groups in total. The van der Waals surface area contributed by atoms with Crippen LogP contribution >= 0.6 is 38.5 Å². The van der Waals surface area contributed by atoms with E-state index in [0.717, 1.165) is 20.2 Å². The van der Waals surface area contributed by atoms with Gasteiger partial charge in [-0.25, -0.2) is 0 Å². The van der Waals surface area contributed by atoms with Gasteiger partial charge in [0.15, 0.2) is 0 Å². The minimum absolute atomic E-state index is 0.0299. The molecule has 0 bridgehead atoms. The highest BCUT2D eigenvalue weighted by Crippen LogP contribution is 2.24. The van der Waals surface area contributed by atoms with Crippen LogP contribution in [0.15, 0.2) is 22.7 Å². The number of hydrogen-bond acceptors (Lipinski definition) is 1. The van der Waals surface area contributed by atoms with Gasteiger partial charge in [0.25, 0.3) is 5.91 Å². The Hall–Kier alpha value is -0.100. The Labute approximate surface area is 124 Å². The first-order valence-corrected chi connectivity index (χ1v) is 7.77. The Morgan fingerprint density at radius 2 is 2.12 bits per heavy atom. The van der Waals surface area contributed by atoms with Gasteiger partial charge >= 0.3 is 0 Å². The van der Waals surface area contributed by atoms with Crippen LogP contribution in [0.3, 0.4) is 0 Å². The summed E-state index contributed by atoms with van der Waals surface area (Å²) in [5, 5.41) is 3.04. The molecule has 1 saturated carbocycles. The maximum absolute atomic E-state index is 12.0. The van der Waals surface area contributed by atoms with E-state index in [4.69, 9.17) is 0 Å². The summed E-state index contributed by atoms with van der Waals surface area (Å²) in [5.41, 5.74) is 0.731. The molecule has 0 aliphatic heterocycles. The highest BCUT2D eigenvalue weighted by molar-refractivity contribution is 14.1. The van der Waals surface area contributed by atoms with E-state index in [0.29, 0.717) is 5.92 Å². The first-order valence-electron chi connectivity index (χ1n) is 5.90. The molecule has 0 radical (unpaired) electrons. The second-order valence-corrected chi connectivity index (χ2v) is 6.58. The molecule has 1 aliphatic carbocycles. The zero-order valence-corrected chi connectivity index (χ0v) is 13.3. The molecule has 0 aromatic heterocycles. The van der Waals surface area contributed by atoms with Crippen molar-refractivity contribution in [3.63, 3.8) is 0 Å². The van der Waals surface area contributed by atoms with E-state index in [-0.39, 0.29) is 5.91 Å². The molecule has 17 heavy (non-hydrogen) atoms. The third kappa shape index (κ3) is 3.68. The number of amides is 1. The van der Waals surface area contributed by atoms with Crippen molar-refractivity contribution < 1.29 is 4.79 Å². The molecule has 4 heteroatoms. The van der Waals surface area contributed by atoms with E-state index in [9.17, 15) is 4.79 Å². The van der Waals surface area contributed by atoms with Gasteiger partial charge < -0.3 is 5.32 Å². The minimum atomic E-state index is 0.0299. The van der Waals surface area contributed by atoms with E-state index >= 15 is 0 Å². The molecule has 0 saturated heterocycles. The Balaban J connectivity index is 1.96. The predicted octanol–water partition coefficient (Wildman–Crippen LogP) is 3.97. The van der Waals surface area contributed by atoms with Crippen molar-refractivity contribution in [3.05, 3.63) is 31.8 Å². The van der Waals surface area contributed by atoms with E-state index in [1.807, 2.05) is 18.2 Å². The normalized spacial score (nSPS) is 16.1. The lowest BCUT2D eigenvalue weighted by molar-refractivity contribution is 0.0946. The molecular weight excluding hydrogens is 393 g/mol. The Morgan fingerprint density at radius 3 is 2.82 bits per heavy atom. The smallest absolute Gasteiger partial charge is 0.252 e. The molecular formula is C13H15BrINO. The maximum Gasteiger partial charge on any atom is 0.252 e. The fourth-order valence-electron chi connectivity index (χ4n) is 2.22. The summed E-state index contributed by atoms with van der Waals surface area (Å²) in [6.45, 7) is 0.816. The van der Waals surface area contributed by atoms with Gasteiger partial charge in [0.2, 0.25) is 0 Å². The van der Waals surface area contributed by atoms with Gasteiger partial charge in [0.05, 0.1) is 5.56 Å². The third-order valence-corrected chi connectivity index (χ3v) is 4.56. The SMILES string of the molecule is O=C(NCC1CCCC1)c1cc(I)ccc1Br. The molecule has 92 valence electrons. The largest absolute Gasteiger partial charge is 0.352 e. The Morgan fingerprint density at radius 1 is 1.41 bits per heavy atom. The molecule has 1 aromatic carbocycles. The lowest BCUT2D eigenvalue weighted by Crippen LogP contribution is -2.28. The summed E-state index contributed by atoms with van der Waals surface area (Å²) < 4.78 is 1.94. The summed E-state index contributed by atoms with van der Waals surface area (Å²) >= 11 is 5.64. The average Bonchev–Trinajstić information content (AvgIpc) is 2.82. The van der Waals surface area contributed by atoms with Gasteiger partial charge in [-0.15, -0.1) is 0 Å². The topological polar surface area (TPSA) is 29.1 Å². The van der Waals surface area contributed by atoms with Crippen LogP contribution < -0.4 is 5.32 Å². The number of carbonyl (C=O) groups excluding carboxylic acids is 1. The second-order valence-electron chi connectivity index (χ2n) is 4.48. The summed E-state index contributed by atoms with van der Waals surface area (Å²) in [5.74, 6) is 0.711. The molecule has 0 unspecified atom stereocenters. The van der Waals surface area contributed by atoms with Crippen LogP contribution in [0.2, 0.25) is 0 Å². The van der Waals surface area contributed by atoms with Crippen molar-refractivity contribution >= 4 is 44.4 Å². The van der Waals surface area contributed by atoms with E-state index in [2.05, 4.69) is 43.8 Å². The van der Waals surface area contributed by atoms with E-state index in [1.54, 1.807) is 0 Å². The number of carbonyl (C=O) groups is 1. The quantitative estimate of drug-likeness (QED) is 0.754. The molecule has 0 spiro atoms. The van der Waals surface area contributed by atoms with Crippen LogP contribution in [0.1, 0.15) is 36.0 Å². The van der Waals surface area contributed by atoms with Gasteiger partial charge in [0, 0.05) is 14.6 Å². The van der Waals surface area contributed by atoms with Crippen LogP contribution in [0.5, 0.6) is 0 Å². The molecule has 2 nitrogen and oxygen atoms in total. The number of rotatable bonds is 3. The first-order chi connectivity index (χ1) is 8.16. The van der Waals surface area contributed by atoms with E-state index < -0.39 is 0 Å². The zero-order valence-electron chi connectivity index (χ0n) is 9.51. The van der Waals surface area contributed by atoms with Crippen molar-refractivity contribution in [1.82, 2.24) is 5.32 Å². The monoisotopic (exact) mass is 407 g/mol. The highest BCUT2D eigenvalue weighted by atomic mass is 127. The fraction of sp³-hybridized carbons (Fsp3) is 0.462. The Bertz CT molecular complexity index is 416. The predicted molar refractivity (Wildman–Crippen MR) is 81.2 cm³/mol. The highest BCUT2D eigenvalue weighted by Gasteiger charge is 2.17. The first kappa shape index (κ1) is 13.3. The summed E-state index contributed by atoms with van der Waals surface area (Å²) in [6.07, 6.45) is 5.14. The number of hydrogen-bond donors (Lipinski definition) is 1. The minimum Gasteiger partial charge on any atom is -0.352 e. The van der Waals surface area contributed by atoms with Gasteiger partial charge in [-0.05, 0) is 75.5 Å². The van der Waals surface area contributed by atoms with Crippen LogP contribution in [-0.2, 0) is 0 Å². The maximum atomic E-state index is 12.0. The van der Waals surface area contributed by atoms with Crippen molar-refractivity contribution in [2.75, 3.05) is 6.54 Å². The van der Waals surface area contributed by atoms with Gasteiger partial charge in [0.1, 0.15) is 0 Å². The van der Waals surface area contributed by atoms with E-state index in [1.165, 1.54) is 25.7 Å². The molecule has 1 aromatic rings. The van der Waals surface area contributed by atoms with Crippen LogP contribution in [0, 0.1) is 9.49 Å². The number of halogens is 2. The number of nitrogens with one attached hydrogen (secondary N) is 1. The zero-order chi connectivity index (χ0) is 12.3. The lowest BCUT2D eigenvalue weighted by atomic mass is 10.1. The molecule has 2 rings (SSSR count). The van der Waals surface area contributed by atoms with Crippen LogP contribution in [0.4, 0.5) is 0 Å². The van der Waals surface area contributed by atoms with Crippen LogP contribution in [-0.4, -0.2) is 12.5 Å². The number of benzene rings is 1. The van der Waals surface area contributed by atoms with Crippen LogP contribution in [0.25, 0.3) is 0 Å². The standard InChI is InChI=1S/C13H15BrINO/c14-12-6-5-10(15)7-11(12)13(17)16-8-9-3-1-2-4-9/h5-7,9H,1-4,8H2,(H,16,17). The second kappa shape index (κ2) is 6.18. The summed E-state index contributed by atoms with van der Waals surface area (Å²) in [4.78, 5) is 12.0. The molecule has 0 atom stereocenters. The molecule has 1 aliphatic rings. The van der Waals surface area contributed by atoms with Crippen molar-refractivity contribution in [2.24, 2.45) is 5.92 Å². The van der Waals surface area contributed by atoms with Gasteiger partial charge in [-0.2, -0.15) is 0 Å². The van der Waals surface area contributed by atoms with Crippen molar-refractivity contribution in [1.29, 1.82) is 0 Å². The molecule has 1 amide bonds. The molecule has 1 fully saturated rings. The summed E-state index contributed by atoms with van der Waals surface area (Å²) in [6, 6.07) is 5.82.